The number of carbonyl (C=O) groups excluding carboxylic acids is 1. The van der Waals surface area contributed by atoms with Gasteiger partial charge in [0.25, 0.3) is 5.91 Å². The number of amides is 1. The average molecular weight is 312 g/mol. The van der Waals surface area contributed by atoms with E-state index >= 15 is 0 Å². The van der Waals surface area contributed by atoms with Gasteiger partial charge in [0.05, 0.1) is 13.4 Å². The summed E-state index contributed by atoms with van der Waals surface area (Å²) >= 11 is 0. The van der Waals surface area contributed by atoms with Gasteiger partial charge in [0.1, 0.15) is 5.75 Å². The van der Waals surface area contributed by atoms with Gasteiger partial charge in [0.15, 0.2) is 0 Å². The van der Waals surface area contributed by atoms with Crippen LogP contribution in [0.3, 0.4) is 0 Å². The molecule has 1 aromatic carbocycles. The summed E-state index contributed by atoms with van der Waals surface area (Å²) in [5.41, 5.74) is 0.528. The van der Waals surface area contributed by atoms with Gasteiger partial charge in [-0.05, 0) is 37.1 Å². The number of ether oxygens (including phenoxy) is 1. The fourth-order valence-corrected chi connectivity index (χ4v) is 3.69. The van der Waals surface area contributed by atoms with Gasteiger partial charge in [0.2, 0.25) is 10.0 Å². The minimum atomic E-state index is -3.21. The van der Waals surface area contributed by atoms with E-state index in [0.29, 0.717) is 24.4 Å². The Hall–Kier alpha value is -1.60. The lowest BCUT2D eigenvalue weighted by atomic mass is 10.2. The zero-order valence-corrected chi connectivity index (χ0v) is 13.0. The maximum Gasteiger partial charge on any atom is 0.251 e. The first kappa shape index (κ1) is 15.8. The van der Waals surface area contributed by atoms with Gasteiger partial charge < -0.3 is 10.1 Å². The van der Waals surface area contributed by atoms with Crippen molar-refractivity contribution in [1.82, 2.24) is 9.62 Å². The van der Waals surface area contributed by atoms with Gasteiger partial charge in [-0.1, -0.05) is 0 Å². The van der Waals surface area contributed by atoms with Gasteiger partial charge in [-0.3, -0.25) is 4.79 Å². The fourth-order valence-electron chi connectivity index (χ4n) is 2.50. The minimum absolute atomic E-state index is 0.151. The Balaban J connectivity index is 1.94. The molecule has 1 heterocycles. The van der Waals surface area contributed by atoms with Crippen LogP contribution < -0.4 is 10.1 Å². The summed E-state index contributed by atoms with van der Waals surface area (Å²) in [6, 6.07) is 6.64. The van der Waals surface area contributed by atoms with Crippen LogP contribution in [0.5, 0.6) is 5.75 Å². The molecule has 1 aliphatic heterocycles. The van der Waals surface area contributed by atoms with Gasteiger partial charge in [-0.15, -0.1) is 0 Å². The van der Waals surface area contributed by atoms with E-state index in [-0.39, 0.29) is 11.9 Å². The maximum absolute atomic E-state index is 12.0. The van der Waals surface area contributed by atoms with Crippen LogP contribution in [0.1, 0.15) is 23.2 Å². The second kappa shape index (κ2) is 6.44. The lowest BCUT2D eigenvalue weighted by Gasteiger charge is -2.22. The van der Waals surface area contributed by atoms with Crippen molar-refractivity contribution in [3.63, 3.8) is 0 Å². The number of rotatable bonds is 5. The van der Waals surface area contributed by atoms with E-state index in [2.05, 4.69) is 5.32 Å². The molecule has 1 aliphatic rings. The van der Waals surface area contributed by atoms with Crippen LogP contribution in [0.15, 0.2) is 24.3 Å². The fraction of sp³-hybridized carbons (Fsp3) is 0.500. The van der Waals surface area contributed by atoms with Crippen LogP contribution in [0.4, 0.5) is 0 Å². The predicted molar refractivity (Wildman–Crippen MR) is 79.9 cm³/mol. The van der Waals surface area contributed by atoms with Crippen molar-refractivity contribution in [3.8, 4) is 5.75 Å². The highest BCUT2D eigenvalue weighted by atomic mass is 32.2. The Kier molecular flexibility index (Phi) is 4.84. The normalized spacial score (nSPS) is 19.4. The molecule has 1 unspecified atom stereocenters. The molecule has 1 fully saturated rings. The number of nitrogens with zero attached hydrogens (tertiary/aromatic N) is 1. The molecule has 2 rings (SSSR count). The molecule has 0 radical (unpaired) electrons. The number of hydrogen-bond acceptors (Lipinski definition) is 4. The summed E-state index contributed by atoms with van der Waals surface area (Å²) in [7, 11) is -1.64. The Bertz CT molecular complexity index is 598. The van der Waals surface area contributed by atoms with Gasteiger partial charge in [-0.25, -0.2) is 8.42 Å². The monoisotopic (exact) mass is 312 g/mol. The third-order valence-corrected chi connectivity index (χ3v) is 4.93. The molecule has 1 N–H and O–H groups in total. The summed E-state index contributed by atoms with van der Waals surface area (Å²) in [6.45, 7) is 0.861. The van der Waals surface area contributed by atoms with E-state index in [1.54, 1.807) is 31.4 Å². The van der Waals surface area contributed by atoms with E-state index in [0.717, 1.165) is 12.8 Å². The topological polar surface area (TPSA) is 75.7 Å². The van der Waals surface area contributed by atoms with Crippen LogP contribution in [0, 0.1) is 0 Å². The van der Waals surface area contributed by atoms with Gasteiger partial charge in [-0.2, -0.15) is 4.31 Å². The highest BCUT2D eigenvalue weighted by Crippen LogP contribution is 2.19. The Morgan fingerprint density at radius 1 is 1.38 bits per heavy atom. The van der Waals surface area contributed by atoms with Crippen LogP contribution in [-0.2, 0) is 10.0 Å². The molecule has 116 valence electrons. The third kappa shape index (κ3) is 3.95. The Labute approximate surface area is 125 Å². The van der Waals surface area contributed by atoms with E-state index in [1.807, 2.05) is 0 Å². The minimum Gasteiger partial charge on any atom is -0.497 e. The smallest absolute Gasteiger partial charge is 0.251 e. The highest BCUT2D eigenvalue weighted by molar-refractivity contribution is 7.88. The molecule has 0 saturated carbocycles. The average Bonchev–Trinajstić information content (AvgIpc) is 2.93. The first-order valence-corrected chi connectivity index (χ1v) is 8.65. The van der Waals surface area contributed by atoms with E-state index in [1.165, 1.54) is 10.6 Å². The standard InChI is InChI=1S/C14H20N2O4S/c1-20-13-7-5-11(6-8-13)14(17)15-10-12-4-3-9-16(12)21(2,18)19/h5-8,12H,3-4,9-10H2,1-2H3,(H,15,17). The van der Waals surface area contributed by atoms with Crippen molar-refractivity contribution in [3.05, 3.63) is 29.8 Å². The van der Waals surface area contributed by atoms with E-state index in [4.69, 9.17) is 4.74 Å². The Morgan fingerprint density at radius 2 is 2.05 bits per heavy atom. The van der Waals surface area contributed by atoms with Crippen molar-refractivity contribution in [2.24, 2.45) is 0 Å². The van der Waals surface area contributed by atoms with Crippen molar-refractivity contribution in [2.45, 2.75) is 18.9 Å². The summed E-state index contributed by atoms with van der Waals surface area (Å²) in [6.07, 6.45) is 2.81. The number of sulfonamides is 1. The molecule has 0 aliphatic carbocycles. The molecule has 1 saturated heterocycles. The van der Waals surface area contributed by atoms with Gasteiger partial charge in [0, 0.05) is 24.7 Å². The number of nitrogens with one attached hydrogen (secondary N) is 1. The van der Waals surface area contributed by atoms with Crippen molar-refractivity contribution < 1.29 is 17.9 Å². The van der Waals surface area contributed by atoms with Crippen LogP contribution in [-0.4, -0.2) is 51.1 Å². The third-order valence-electron chi connectivity index (χ3n) is 3.60. The highest BCUT2D eigenvalue weighted by Gasteiger charge is 2.31. The molecule has 0 aromatic heterocycles. The molecular formula is C14H20N2O4S. The summed E-state index contributed by atoms with van der Waals surface area (Å²) in [5, 5.41) is 2.79. The lowest BCUT2D eigenvalue weighted by molar-refractivity contribution is 0.0946. The number of methoxy groups -OCH3 is 1. The molecule has 1 aromatic rings. The number of hydrogen-bond donors (Lipinski definition) is 1. The Morgan fingerprint density at radius 3 is 2.62 bits per heavy atom. The molecule has 0 bridgehead atoms. The molecule has 1 atom stereocenters. The zero-order valence-electron chi connectivity index (χ0n) is 12.2. The van der Waals surface area contributed by atoms with Crippen LogP contribution in [0.25, 0.3) is 0 Å². The summed E-state index contributed by atoms with van der Waals surface area (Å²) in [5.74, 6) is 0.476. The largest absolute Gasteiger partial charge is 0.497 e. The molecular weight excluding hydrogens is 292 g/mol. The SMILES string of the molecule is COc1ccc(C(=O)NCC2CCCN2S(C)(=O)=O)cc1. The first-order chi connectivity index (χ1) is 9.91. The molecule has 1 amide bonds. The molecule has 21 heavy (non-hydrogen) atoms. The molecule has 0 spiro atoms. The van der Waals surface area contributed by atoms with Crippen LogP contribution >= 0.6 is 0 Å². The van der Waals surface area contributed by atoms with Crippen molar-refractivity contribution in [2.75, 3.05) is 26.5 Å². The lowest BCUT2D eigenvalue weighted by Crippen LogP contribution is -2.42. The number of benzene rings is 1. The van der Waals surface area contributed by atoms with Gasteiger partial charge >= 0.3 is 0 Å². The predicted octanol–water partition coefficient (Wildman–Crippen LogP) is 0.849. The molecule has 6 nitrogen and oxygen atoms in total. The van der Waals surface area contributed by atoms with E-state index < -0.39 is 10.0 Å². The molecule has 7 heteroatoms. The maximum atomic E-state index is 12.0. The van der Waals surface area contributed by atoms with Crippen molar-refractivity contribution in [1.29, 1.82) is 0 Å². The summed E-state index contributed by atoms with van der Waals surface area (Å²) in [4.78, 5) is 12.0. The second-order valence-corrected chi connectivity index (χ2v) is 7.04. The number of carbonyl (C=O) groups is 1. The zero-order chi connectivity index (χ0) is 15.5. The van der Waals surface area contributed by atoms with E-state index in [9.17, 15) is 13.2 Å². The quantitative estimate of drug-likeness (QED) is 0.874. The second-order valence-electron chi connectivity index (χ2n) is 5.11. The summed E-state index contributed by atoms with van der Waals surface area (Å²) < 4.78 is 29.8. The van der Waals surface area contributed by atoms with Crippen LogP contribution in [0.2, 0.25) is 0 Å². The van der Waals surface area contributed by atoms with Crippen molar-refractivity contribution >= 4 is 15.9 Å². The first-order valence-electron chi connectivity index (χ1n) is 6.81.